The minimum absolute atomic E-state index is 0.0605. The number of alkyl carbamates (subject to hydrolysis) is 1. The Morgan fingerprint density at radius 3 is 2.19 bits per heavy atom. The van der Waals surface area contributed by atoms with Crippen LogP contribution in [0.25, 0.3) is 11.2 Å². The maximum absolute atomic E-state index is 12.8. The molecule has 15 heteroatoms. The number of hydrogen-bond donors (Lipinski definition) is 3. The number of benzene rings is 1. The molecule has 2 amide bonds. The molecular formula is C33H45N9O6. The number of aromatic nitrogens is 4. The highest BCUT2D eigenvalue weighted by Crippen LogP contribution is 2.34. The number of amides is 2. The van der Waals surface area contributed by atoms with Crippen molar-refractivity contribution < 1.29 is 24.0 Å². The van der Waals surface area contributed by atoms with E-state index in [0.717, 1.165) is 49.7 Å². The van der Waals surface area contributed by atoms with Crippen molar-refractivity contribution in [2.75, 3.05) is 23.7 Å². The van der Waals surface area contributed by atoms with Crippen LogP contribution >= 0.6 is 0 Å². The smallest absolute Gasteiger partial charge is 0.415 e. The molecule has 3 fully saturated rings. The third kappa shape index (κ3) is 8.23. The molecule has 0 atom stereocenters. The Bertz CT molecular complexity index is 1600. The number of likely N-dealkylation sites (tertiary alicyclic amines) is 1. The fourth-order valence-electron chi connectivity index (χ4n) is 6.77. The number of anilines is 2. The van der Waals surface area contributed by atoms with Gasteiger partial charge in [0.25, 0.3) is 5.69 Å². The minimum atomic E-state index is -0.532. The minimum Gasteiger partial charge on any atom is -0.444 e. The van der Waals surface area contributed by atoms with Gasteiger partial charge >= 0.3 is 12.2 Å². The molecule has 0 unspecified atom stereocenters. The van der Waals surface area contributed by atoms with Crippen LogP contribution in [0.4, 0.5) is 27.0 Å². The molecule has 1 saturated heterocycles. The van der Waals surface area contributed by atoms with Crippen molar-refractivity contribution in [2.24, 2.45) is 0 Å². The van der Waals surface area contributed by atoms with Gasteiger partial charge in [-0.1, -0.05) is 12.8 Å². The summed E-state index contributed by atoms with van der Waals surface area (Å²) >= 11 is 0. The molecule has 0 spiro atoms. The second-order valence-corrected chi connectivity index (χ2v) is 14.0. The van der Waals surface area contributed by atoms with Crippen LogP contribution < -0.4 is 20.7 Å². The summed E-state index contributed by atoms with van der Waals surface area (Å²) in [5, 5.41) is 21.1. The van der Waals surface area contributed by atoms with Gasteiger partial charge in [0.1, 0.15) is 11.4 Å². The summed E-state index contributed by atoms with van der Waals surface area (Å²) in [4.78, 5) is 51.8. The first-order valence-electron chi connectivity index (χ1n) is 17.0. The van der Waals surface area contributed by atoms with E-state index in [9.17, 15) is 19.7 Å². The summed E-state index contributed by atoms with van der Waals surface area (Å²) in [6, 6.07) is 6.14. The summed E-state index contributed by atoms with van der Waals surface area (Å²) in [5.41, 5.74) is 0.950. The van der Waals surface area contributed by atoms with Crippen molar-refractivity contribution in [2.45, 2.75) is 115 Å². The molecule has 2 aliphatic carbocycles. The van der Waals surface area contributed by atoms with E-state index in [1.165, 1.54) is 37.1 Å². The topological polar surface area (TPSA) is 179 Å². The van der Waals surface area contributed by atoms with E-state index in [1.807, 2.05) is 27.1 Å². The van der Waals surface area contributed by atoms with Crippen LogP contribution in [0.1, 0.15) is 91.0 Å². The first-order valence-corrected chi connectivity index (χ1v) is 17.0. The van der Waals surface area contributed by atoms with Crippen LogP contribution in [0.15, 0.2) is 30.6 Å². The fraction of sp³-hybridized carbons (Fsp3) is 0.606. The average molecular weight is 664 g/mol. The van der Waals surface area contributed by atoms with Crippen molar-refractivity contribution in [1.82, 2.24) is 29.7 Å². The van der Waals surface area contributed by atoms with E-state index < -0.39 is 16.6 Å². The zero-order valence-electron chi connectivity index (χ0n) is 27.8. The van der Waals surface area contributed by atoms with E-state index in [4.69, 9.17) is 24.4 Å². The monoisotopic (exact) mass is 663 g/mol. The third-order valence-electron chi connectivity index (χ3n) is 9.27. The lowest BCUT2D eigenvalue weighted by Crippen LogP contribution is -2.43. The van der Waals surface area contributed by atoms with Crippen LogP contribution in [-0.2, 0) is 4.74 Å². The average Bonchev–Trinajstić information content (AvgIpc) is 3.72. The highest BCUT2D eigenvalue weighted by atomic mass is 16.6. The number of rotatable bonds is 8. The van der Waals surface area contributed by atoms with Gasteiger partial charge in [-0.25, -0.2) is 14.6 Å². The van der Waals surface area contributed by atoms with Crippen LogP contribution in [0.5, 0.6) is 5.75 Å². The Balaban J connectivity index is 1.09. The molecule has 0 bridgehead atoms. The lowest BCUT2D eigenvalue weighted by Gasteiger charge is -2.32. The summed E-state index contributed by atoms with van der Waals surface area (Å²) < 4.78 is 13.1. The van der Waals surface area contributed by atoms with Gasteiger partial charge in [-0.2, -0.15) is 9.97 Å². The normalized spacial score (nSPS) is 20.8. The second kappa shape index (κ2) is 14.2. The maximum Gasteiger partial charge on any atom is 0.415 e. The Hall–Kier alpha value is -4.69. The molecule has 6 rings (SSSR count). The Morgan fingerprint density at radius 1 is 0.896 bits per heavy atom. The SMILES string of the molecule is CC(C)(C)OC(=O)N[C@H]1CC[C@H](Nc2nc(NC3CCN(C(=O)Oc4ccc([N+](=O)[O-])cc4)CC3)c3ncn(C4CCCC4)c3n2)CC1. The molecule has 3 heterocycles. The number of ether oxygens (including phenoxy) is 2. The highest BCUT2D eigenvalue weighted by molar-refractivity contribution is 5.84. The number of imidazole rings is 1. The van der Waals surface area contributed by atoms with Crippen LogP contribution in [0.2, 0.25) is 0 Å². The Kier molecular flexibility index (Phi) is 9.83. The predicted molar refractivity (Wildman–Crippen MR) is 179 cm³/mol. The van der Waals surface area contributed by atoms with Gasteiger partial charge < -0.3 is 34.9 Å². The lowest BCUT2D eigenvalue weighted by atomic mass is 9.91. The Morgan fingerprint density at radius 2 is 1.54 bits per heavy atom. The van der Waals surface area contributed by atoms with Gasteiger partial charge in [0.15, 0.2) is 17.0 Å². The van der Waals surface area contributed by atoms with Gasteiger partial charge in [-0.3, -0.25) is 10.1 Å². The number of nitro benzene ring substituents is 1. The Labute approximate surface area is 279 Å². The molecule has 3 aromatic rings. The van der Waals surface area contributed by atoms with Crippen molar-refractivity contribution in [3.8, 4) is 5.75 Å². The number of carbonyl (C=O) groups is 2. The van der Waals surface area contributed by atoms with Crippen LogP contribution in [0, 0.1) is 10.1 Å². The number of carbonyl (C=O) groups excluding carboxylic acids is 2. The van der Waals surface area contributed by atoms with Gasteiger partial charge in [0, 0.05) is 49.4 Å². The summed E-state index contributed by atoms with van der Waals surface area (Å²) in [6.07, 6.45) is 10.4. The molecule has 2 saturated carbocycles. The third-order valence-corrected chi connectivity index (χ3v) is 9.27. The standard InChI is InChI=1S/C33H45N9O6/c1-33(2,3)48-31(43)37-22-10-8-21(9-11-22)36-30-38-28(27-29(39-30)41(20-34-27)24-6-4-5-7-24)35-23-16-18-40(19-17-23)32(44)47-26-14-12-25(13-15-26)42(45)46/h12-15,20-24H,4-11,16-19H2,1-3H3,(H,37,43)(H2,35,36,38,39)/t21-,22-. The molecule has 3 aliphatic rings. The predicted octanol–water partition coefficient (Wildman–Crippen LogP) is 6.17. The number of non-ortho nitro benzene ring substituents is 1. The molecule has 2 aromatic heterocycles. The van der Waals surface area contributed by atoms with Crippen molar-refractivity contribution in [3.05, 3.63) is 40.7 Å². The first kappa shape index (κ1) is 33.2. The van der Waals surface area contributed by atoms with Crippen LogP contribution in [-0.4, -0.2) is 78.3 Å². The summed E-state index contributed by atoms with van der Waals surface area (Å²) in [5.74, 6) is 1.49. The van der Waals surface area contributed by atoms with Gasteiger partial charge in [0.05, 0.1) is 11.3 Å². The fourth-order valence-corrected chi connectivity index (χ4v) is 6.77. The number of piperidine rings is 1. The van der Waals surface area contributed by atoms with E-state index in [-0.39, 0.29) is 35.7 Å². The molecule has 1 aliphatic heterocycles. The molecule has 15 nitrogen and oxygen atoms in total. The largest absolute Gasteiger partial charge is 0.444 e. The number of fused-ring (bicyclic) bond motifs is 1. The van der Waals surface area contributed by atoms with E-state index in [0.29, 0.717) is 43.7 Å². The number of hydrogen-bond acceptors (Lipinski definition) is 11. The van der Waals surface area contributed by atoms with Crippen molar-refractivity contribution >= 4 is 40.8 Å². The van der Waals surface area contributed by atoms with Crippen molar-refractivity contribution in [1.29, 1.82) is 0 Å². The molecule has 258 valence electrons. The zero-order chi connectivity index (χ0) is 33.8. The van der Waals surface area contributed by atoms with E-state index in [2.05, 4.69) is 20.5 Å². The number of nitrogens with zero attached hydrogens (tertiary/aromatic N) is 6. The molecule has 1 aromatic carbocycles. The van der Waals surface area contributed by atoms with E-state index in [1.54, 1.807) is 4.90 Å². The first-order chi connectivity index (χ1) is 23.0. The quantitative estimate of drug-likeness (QED) is 0.185. The molecule has 3 N–H and O–H groups in total. The van der Waals surface area contributed by atoms with Crippen molar-refractivity contribution in [3.63, 3.8) is 0 Å². The van der Waals surface area contributed by atoms with Crippen LogP contribution in [0.3, 0.4) is 0 Å². The number of nitro groups is 1. The lowest BCUT2D eigenvalue weighted by molar-refractivity contribution is -0.384. The zero-order valence-corrected chi connectivity index (χ0v) is 27.8. The molecular weight excluding hydrogens is 618 g/mol. The molecule has 0 radical (unpaired) electrons. The maximum atomic E-state index is 12.8. The summed E-state index contributed by atoms with van der Waals surface area (Å²) in [7, 11) is 0. The highest BCUT2D eigenvalue weighted by Gasteiger charge is 2.29. The van der Waals surface area contributed by atoms with Gasteiger partial charge in [0.2, 0.25) is 5.95 Å². The van der Waals surface area contributed by atoms with Gasteiger partial charge in [-0.05, 0) is 84.3 Å². The number of nitrogens with one attached hydrogen (secondary N) is 3. The molecule has 48 heavy (non-hydrogen) atoms. The second-order valence-electron chi connectivity index (χ2n) is 14.0. The summed E-state index contributed by atoms with van der Waals surface area (Å²) in [6.45, 7) is 6.55. The van der Waals surface area contributed by atoms with Gasteiger partial charge in [-0.15, -0.1) is 0 Å². The van der Waals surface area contributed by atoms with E-state index >= 15 is 0 Å².